The molecule has 1 atom stereocenters. The molecule has 144 valence electrons. The molecule has 1 saturated heterocycles. The van der Waals surface area contributed by atoms with Crippen LogP contribution in [0.25, 0.3) is 0 Å². The van der Waals surface area contributed by atoms with Gasteiger partial charge in [-0.05, 0) is 45.7 Å². The lowest BCUT2D eigenvalue weighted by Gasteiger charge is -2.26. The molecule has 2 rings (SSSR count). The van der Waals surface area contributed by atoms with Gasteiger partial charge in [-0.3, -0.25) is 4.79 Å². The molecule has 1 aliphatic rings. The Bertz CT molecular complexity index is 627. The predicted octanol–water partition coefficient (Wildman–Crippen LogP) is 2.59. The van der Waals surface area contributed by atoms with Crippen LogP contribution in [-0.2, 0) is 9.53 Å². The van der Waals surface area contributed by atoms with Crippen LogP contribution in [0.5, 0.6) is 11.5 Å². The number of rotatable bonds is 6. The Balaban J connectivity index is 1.82. The first kappa shape index (κ1) is 19.9. The Kier molecular flexibility index (Phi) is 6.71. The van der Waals surface area contributed by atoms with Crippen molar-refractivity contribution in [3.8, 4) is 11.5 Å². The van der Waals surface area contributed by atoms with Gasteiger partial charge in [0.05, 0.1) is 7.11 Å². The molecule has 2 amide bonds. The molecule has 26 heavy (non-hydrogen) atoms. The van der Waals surface area contributed by atoms with Gasteiger partial charge in [-0.25, -0.2) is 4.79 Å². The fraction of sp³-hybridized carbons (Fsp3) is 0.579. The van der Waals surface area contributed by atoms with Crippen LogP contribution in [-0.4, -0.2) is 55.3 Å². The zero-order valence-electron chi connectivity index (χ0n) is 15.9. The van der Waals surface area contributed by atoms with Gasteiger partial charge in [-0.2, -0.15) is 0 Å². The summed E-state index contributed by atoms with van der Waals surface area (Å²) in [6, 6.07) is 7.10. The minimum absolute atomic E-state index is 0.0380. The van der Waals surface area contributed by atoms with Crippen molar-refractivity contribution in [3.63, 3.8) is 0 Å². The standard InChI is InChI=1S/C19H28N2O5/c1-19(2,3)26-18(23)20-12-14-7-6-10-21(14)17(22)13-25-16-9-5-8-15(11-16)24-4/h5,8-9,11,14H,6-7,10,12-13H2,1-4H3,(H,20,23)/t14-/m1/s1. The molecule has 1 aromatic rings. The first-order valence-corrected chi connectivity index (χ1v) is 8.81. The maximum Gasteiger partial charge on any atom is 0.407 e. The van der Waals surface area contributed by atoms with Gasteiger partial charge >= 0.3 is 6.09 Å². The van der Waals surface area contributed by atoms with Crippen LogP contribution in [0.4, 0.5) is 4.79 Å². The zero-order valence-corrected chi connectivity index (χ0v) is 15.9. The number of nitrogens with one attached hydrogen (secondary N) is 1. The lowest BCUT2D eigenvalue weighted by Crippen LogP contribution is -2.45. The summed E-state index contributed by atoms with van der Waals surface area (Å²) in [5, 5.41) is 2.74. The average Bonchev–Trinajstić information content (AvgIpc) is 3.05. The molecule has 1 fully saturated rings. The van der Waals surface area contributed by atoms with Crippen molar-refractivity contribution in [1.82, 2.24) is 10.2 Å². The SMILES string of the molecule is COc1cccc(OCC(=O)N2CCC[C@@H]2CNC(=O)OC(C)(C)C)c1. The second-order valence-electron chi connectivity index (χ2n) is 7.23. The number of carbonyl (C=O) groups is 2. The molecule has 7 nitrogen and oxygen atoms in total. The second kappa shape index (κ2) is 8.78. The van der Waals surface area contributed by atoms with E-state index in [2.05, 4.69) is 5.32 Å². The van der Waals surface area contributed by atoms with E-state index in [9.17, 15) is 9.59 Å². The minimum atomic E-state index is -0.542. The summed E-state index contributed by atoms with van der Waals surface area (Å²) >= 11 is 0. The second-order valence-corrected chi connectivity index (χ2v) is 7.23. The van der Waals surface area contributed by atoms with Crippen LogP contribution in [0.15, 0.2) is 24.3 Å². The van der Waals surface area contributed by atoms with Crippen molar-refractivity contribution in [2.75, 3.05) is 26.8 Å². The monoisotopic (exact) mass is 364 g/mol. The molecule has 7 heteroatoms. The third-order valence-electron chi connectivity index (χ3n) is 3.98. The molecule has 0 aromatic heterocycles. The number of amides is 2. The van der Waals surface area contributed by atoms with Crippen molar-refractivity contribution in [1.29, 1.82) is 0 Å². The number of hydrogen-bond acceptors (Lipinski definition) is 5. The fourth-order valence-electron chi connectivity index (χ4n) is 2.81. The molecule has 1 heterocycles. The number of alkyl carbamates (subject to hydrolysis) is 1. The highest BCUT2D eigenvalue weighted by molar-refractivity contribution is 5.78. The maximum absolute atomic E-state index is 12.5. The van der Waals surface area contributed by atoms with Crippen molar-refractivity contribution in [2.24, 2.45) is 0 Å². The summed E-state index contributed by atoms with van der Waals surface area (Å²) in [6.07, 6.45) is 1.29. The van der Waals surface area contributed by atoms with E-state index in [0.717, 1.165) is 12.8 Å². The van der Waals surface area contributed by atoms with Crippen molar-refractivity contribution in [3.05, 3.63) is 24.3 Å². The summed E-state index contributed by atoms with van der Waals surface area (Å²) < 4.78 is 15.9. The highest BCUT2D eigenvalue weighted by Gasteiger charge is 2.29. The molecule has 0 bridgehead atoms. The summed E-state index contributed by atoms with van der Waals surface area (Å²) in [4.78, 5) is 26.0. The topological polar surface area (TPSA) is 77.1 Å². The number of ether oxygens (including phenoxy) is 3. The van der Waals surface area contributed by atoms with Crippen LogP contribution >= 0.6 is 0 Å². The number of methoxy groups -OCH3 is 1. The minimum Gasteiger partial charge on any atom is -0.497 e. The van der Waals surface area contributed by atoms with Gasteiger partial charge in [0, 0.05) is 25.2 Å². The molecule has 0 saturated carbocycles. The van der Waals surface area contributed by atoms with E-state index < -0.39 is 11.7 Å². The van der Waals surface area contributed by atoms with Gasteiger partial charge in [0.1, 0.15) is 17.1 Å². The lowest BCUT2D eigenvalue weighted by atomic mass is 10.2. The molecular formula is C19H28N2O5. The number of carbonyl (C=O) groups excluding carboxylic acids is 2. The van der Waals surface area contributed by atoms with E-state index in [1.165, 1.54) is 0 Å². The Morgan fingerprint density at radius 2 is 2.00 bits per heavy atom. The van der Waals surface area contributed by atoms with Gasteiger partial charge < -0.3 is 24.4 Å². The van der Waals surface area contributed by atoms with Gasteiger partial charge in [-0.1, -0.05) is 6.07 Å². The first-order valence-electron chi connectivity index (χ1n) is 8.81. The lowest BCUT2D eigenvalue weighted by molar-refractivity contribution is -0.134. The van der Waals surface area contributed by atoms with E-state index in [1.54, 1.807) is 24.1 Å². The molecule has 0 spiro atoms. The highest BCUT2D eigenvalue weighted by Crippen LogP contribution is 2.20. The number of benzene rings is 1. The Labute approximate surface area is 154 Å². The van der Waals surface area contributed by atoms with Gasteiger partial charge in [0.2, 0.25) is 0 Å². The van der Waals surface area contributed by atoms with Crippen LogP contribution in [0.2, 0.25) is 0 Å². The summed E-state index contributed by atoms with van der Waals surface area (Å²) in [5.74, 6) is 1.16. The number of nitrogens with zero attached hydrogens (tertiary/aromatic N) is 1. The molecule has 0 radical (unpaired) electrons. The Morgan fingerprint density at radius 1 is 1.27 bits per heavy atom. The Hall–Kier alpha value is -2.44. The molecule has 1 aliphatic heterocycles. The van der Waals surface area contributed by atoms with Crippen LogP contribution in [0.1, 0.15) is 33.6 Å². The quantitative estimate of drug-likeness (QED) is 0.839. The van der Waals surface area contributed by atoms with Crippen LogP contribution in [0.3, 0.4) is 0 Å². The zero-order chi connectivity index (χ0) is 19.2. The van der Waals surface area contributed by atoms with Gasteiger partial charge in [-0.15, -0.1) is 0 Å². The molecule has 1 N–H and O–H groups in total. The predicted molar refractivity (Wildman–Crippen MR) is 97.5 cm³/mol. The van der Waals surface area contributed by atoms with E-state index in [4.69, 9.17) is 14.2 Å². The summed E-state index contributed by atoms with van der Waals surface area (Å²) in [7, 11) is 1.58. The van der Waals surface area contributed by atoms with E-state index >= 15 is 0 Å². The van der Waals surface area contributed by atoms with Gasteiger partial charge in [0.15, 0.2) is 6.61 Å². The van der Waals surface area contributed by atoms with E-state index in [1.807, 2.05) is 32.9 Å². The largest absolute Gasteiger partial charge is 0.497 e. The summed E-state index contributed by atoms with van der Waals surface area (Å²) in [5.41, 5.74) is -0.542. The molecule has 0 aliphatic carbocycles. The van der Waals surface area contributed by atoms with Crippen LogP contribution in [0, 0.1) is 0 Å². The third-order valence-corrected chi connectivity index (χ3v) is 3.98. The smallest absolute Gasteiger partial charge is 0.407 e. The summed E-state index contributed by atoms with van der Waals surface area (Å²) in [6.45, 7) is 6.44. The highest BCUT2D eigenvalue weighted by atomic mass is 16.6. The third kappa shape index (κ3) is 6.13. The van der Waals surface area contributed by atoms with Crippen molar-refractivity contribution >= 4 is 12.0 Å². The van der Waals surface area contributed by atoms with Crippen molar-refractivity contribution < 1.29 is 23.8 Å². The number of hydrogen-bond donors (Lipinski definition) is 1. The average molecular weight is 364 g/mol. The first-order chi connectivity index (χ1) is 12.3. The molecular weight excluding hydrogens is 336 g/mol. The number of likely N-dealkylation sites (tertiary alicyclic amines) is 1. The fourth-order valence-corrected chi connectivity index (χ4v) is 2.81. The van der Waals surface area contributed by atoms with Crippen LogP contribution < -0.4 is 14.8 Å². The van der Waals surface area contributed by atoms with Crippen molar-refractivity contribution in [2.45, 2.75) is 45.3 Å². The Morgan fingerprint density at radius 3 is 2.69 bits per heavy atom. The van der Waals surface area contributed by atoms with Gasteiger partial charge in [0.25, 0.3) is 5.91 Å². The van der Waals surface area contributed by atoms with E-state index in [-0.39, 0.29) is 18.6 Å². The van der Waals surface area contributed by atoms with E-state index in [0.29, 0.717) is 24.6 Å². The normalized spacial score (nSPS) is 16.9. The molecule has 0 unspecified atom stereocenters. The maximum atomic E-state index is 12.5. The molecule has 1 aromatic carbocycles.